The number of nitrogens with one attached hydrogen (secondary N) is 1. The highest BCUT2D eigenvalue weighted by molar-refractivity contribution is 6.30. The fourth-order valence-electron chi connectivity index (χ4n) is 2.72. The molecule has 0 spiro atoms. The third-order valence-electron chi connectivity index (χ3n) is 4.01. The molecule has 0 bridgehead atoms. The summed E-state index contributed by atoms with van der Waals surface area (Å²) in [7, 11) is 0. The Bertz CT molecular complexity index is 547. The lowest BCUT2D eigenvalue weighted by Gasteiger charge is -2.28. The van der Waals surface area contributed by atoms with Gasteiger partial charge in [0.2, 0.25) is 0 Å². The van der Waals surface area contributed by atoms with Crippen LogP contribution >= 0.6 is 11.6 Å². The molecular formula is C13H19ClN2O2. The first-order valence-electron chi connectivity index (χ1n) is 6.50. The van der Waals surface area contributed by atoms with E-state index in [-0.39, 0.29) is 16.3 Å². The van der Waals surface area contributed by atoms with Crippen molar-refractivity contribution in [2.45, 2.75) is 46.1 Å². The minimum absolute atomic E-state index is 0.123. The highest BCUT2D eigenvalue weighted by Crippen LogP contribution is 2.30. The number of hydrogen-bond acceptors (Lipinski definition) is 2. The lowest BCUT2D eigenvalue weighted by atomic mass is 9.80. The minimum Gasteiger partial charge on any atom is -0.310 e. The molecule has 2 rings (SSSR count). The van der Waals surface area contributed by atoms with Crippen molar-refractivity contribution in [1.82, 2.24) is 9.55 Å². The van der Waals surface area contributed by atoms with Gasteiger partial charge >= 0.3 is 5.69 Å². The summed E-state index contributed by atoms with van der Waals surface area (Å²) in [6, 6.07) is 0. The van der Waals surface area contributed by atoms with E-state index in [2.05, 4.69) is 11.9 Å². The average molecular weight is 271 g/mol. The van der Waals surface area contributed by atoms with Crippen LogP contribution in [-0.2, 0) is 6.54 Å². The molecule has 1 saturated carbocycles. The van der Waals surface area contributed by atoms with E-state index in [1.807, 2.05) is 0 Å². The summed E-state index contributed by atoms with van der Waals surface area (Å²) in [5.74, 6) is 0.960. The molecule has 5 heteroatoms. The van der Waals surface area contributed by atoms with Gasteiger partial charge in [0, 0.05) is 12.2 Å². The molecule has 4 nitrogen and oxygen atoms in total. The number of nitrogens with zero attached hydrogens (tertiary/aromatic N) is 1. The lowest BCUT2D eigenvalue weighted by molar-refractivity contribution is 0.224. The summed E-state index contributed by atoms with van der Waals surface area (Å²) in [5, 5.41) is 0.123. The zero-order chi connectivity index (χ0) is 13.3. The molecule has 1 aliphatic rings. The van der Waals surface area contributed by atoms with Gasteiger partial charge in [0.25, 0.3) is 5.56 Å². The Morgan fingerprint density at radius 3 is 2.67 bits per heavy atom. The SMILES string of the molecule is Cc1[nH]c(=O)n(CC2CCCCC2C)c(=O)c1Cl. The van der Waals surface area contributed by atoms with Crippen molar-refractivity contribution in [2.75, 3.05) is 0 Å². The van der Waals surface area contributed by atoms with Gasteiger partial charge in [-0.15, -0.1) is 0 Å². The molecule has 0 amide bonds. The number of H-pyrrole nitrogens is 1. The van der Waals surface area contributed by atoms with Crippen LogP contribution in [0.25, 0.3) is 0 Å². The van der Waals surface area contributed by atoms with E-state index >= 15 is 0 Å². The summed E-state index contributed by atoms with van der Waals surface area (Å²) in [5.41, 5.74) is -0.269. The predicted octanol–water partition coefficient (Wildman–Crippen LogP) is 2.32. The predicted molar refractivity (Wildman–Crippen MR) is 72.2 cm³/mol. The second-order valence-corrected chi connectivity index (χ2v) is 5.68. The highest BCUT2D eigenvalue weighted by atomic mass is 35.5. The Morgan fingerprint density at radius 2 is 2.00 bits per heavy atom. The average Bonchev–Trinajstić information content (AvgIpc) is 2.34. The summed E-state index contributed by atoms with van der Waals surface area (Å²) >= 11 is 5.91. The van der Waals surface area contributed by atoms with Crippen LogP contribution in [0.3, 0.4) is 0 Å². The maximum atomic E-state index is 12.0. The Labute approximate surface area is 111 Å². The molecule has 18 heavy (non-hydrogen) atoms. The van der Waals surface area contributed by atoms with Gasteiger partial charge in [0.15, 0.2) is 0 Å². The summed E-state index contributed by atoms with van der Waals surface area (Å²) < 4.78 is 1.25. The molecule has 1 N–H and O–H groups in total. The number of aryl methyl sites for hydroxylation is 1. The van der Waals surface area contributed by atoms with Crippen LogP contribution in [-0.4, -0.2) is 9.55 Å². The zero-order valence-corrected chi connectivity index (χ0v) is 11.6. The van der Waals surface area contributed by atoms with Gasteiger partial charge in [-0.2, -0.15) is 0 Å². The molecule has 2 unspecified atom stereocenters. The third-order valence-corrected chi connectivity index (χ3v) is 4.45. The molecule has 1 fully saturated rings. The number of hydrogen-bond donors (Lipinski definition) is 1. The summed E-state index contributed by atoms with van der Waals surface area (Å²) in [4.78, 5) is 26.5. The number of aromatic amines is 1. The van der Waals surface area contributed by atoms with E-state index in [1.165, 1.54) is 23.8 Å². The third kappa shape index (κ3) is 2.53. The van der Waals surface area contributed by atoms with Crippen molar-refractivity contribution in [2.24, 2.45) is 11.8 Å². The molecule has 100 valence electrons. The van der Waals surface area contributed by atoms with E-state index in [1.54, 1.807) is 6.92 Å². The molecule has 2 atom stereocenters. The first-order valence-corrected chi connectivity index (χ1v) is 6.87. The van der Waals surface area contributed by atoms with Gasteiger partial charge in [0.05, 0.1) is 0 Å². The second kappa shape index (κ2) is 5.31. The van der Waals surface area contributed by atoms with Crippen molar-refractivity contribution in [1.29, 1.82) is 0 Å². The molecule has 0 radical (unpaired) electrons. The summed E-state index contributed by atoms with van der Waals surface area (Å²) in [6.07, 6.45) is 4.69. The van der Waals surface area contributed by atoms with Gasteiger partial charge in [0.1, 0.15) is 5.02 Å². The Balaban J connectivity index is 2.32. The quantitative estimate of drug-likeness (QED) is 0.897. The van der Waals surface area contributed by atoms with Crippen LogP contribution in [0.4, 0.5) is 0 Å². The monoisotopic (exact) mass is 270 g/mol. The molecule has 0 aliphatic heterocycles. The number of aromatic nitrogens is 2. The van der Waals surface area contributed by atoms with Crippen LogP contribution in [0.2, 0.25) is 5.02 Å². The van der Waals surface area contributed by atoms with Crippen molar-refractivity contribution in [3.8, 4) is 0 Å². The molecule has 1 aromatic heterocycles. The maximum Gasteiger partial charge on any atom is 0.328 e. The van der Waals surface area contributed by atoms with Crippen LogP contribution in [0.5, 0.6) is 0 Å². The summed E-state index contributed by atoms with van der Waals surface area (Å²) in [6.45, 7) is 4.31. The van der Waals surface area contributed by atoms with E-state index in [0.29, 0.717) is 24.1 Å². The highest BCUT2D eigenvalue weighted by Gasteiger charge is 2.23. The van der Waals surface area contributed by atoms with E-state index in [0.717, 1.165) is 6.42 Å². The van der Waals surface area contributed by atoms with Crippen LogP contribution in [0.15, 0.2) is 9.59 Å². The number of halogens is 1. The van der Waals surface area contributed by atoms with E-state index in [4.69, 9.17) is 11.6 Å². The second-order valence-electron chi connectivity index (χ2n) is 5.31. The Morgan fingerprint density at radius 1 is 1.33 bits per heavy atom. The smallest absolute Gasteiger partial charge is 0.310 e. The van der Waals surface area contributed by atoms with Crippen LogP contribution in [0, 0.1) is 18.8 Å². The van der Waals surface area contributed by atoms with E-state index in [9.17, 15) is 9.59 Å². The standard InChI is InChI=1S/C13H19ClN2O2/c1-8-5-3-4-6-10(8)7-16-12(17)11(14)9(2)15-13(16)18/h8,10H,3-7H2,1-2H3,(H,15,18). The topological polar surface area (TPSA) is 54.9 Å². The lowest BCUT2D eigenvalue weighted by Crippen LogP contribution is -2.39. The first-order chi connectivity index (χ1) is 8.50. The van der Waals surface area contributed by atoms with Crippen molar-refractivity contribution >= 4 is 11.6 Å². The fourth-order valence-corrected chi connectivity index (χ4v) is 2.87. The molecule has 0 saturated heterocycles. The van der Waals surface area contributed by atoms with Gasteiger partial charge in [-0.05, 0) is 25.2 Å². The van der Waals surface area contributed by atoms with E-state index < -0.39 is 0 Å². The first kappa shape index (κ1) is 13.4. The largest absolute Gasteiger partial charge is 0.328 e. The van der Waals surface area contributed by atoms with Gasteiger partial charge in [-0.1, -0.05) is 37.8 Å². The van der Waals surface area contributed by atoms with Gasteiger partial charge in [-0.3, -0.25) is 9.36 Å². The zero-order valence-electron chi connectivity index (χ0n) is 10.8. The van der Waals surface area contributed by atoms with Crippen molar-refractivity contribution in [3.05, 3.63) is 31.6 Å². The number of rotatable bonds is 2. The van der Waals surface area contributed by atoms with Gasteiger partial charge in [-0.25, -0.2) is 4.79 Å². The van der Waals surface area contributed by atoms with Crippen LogP contribution in [0.1, 0.15) is 38.3 Å². The molecule has 1 aromatic rings. The fraction of sp³-hybridized carbons (Fsp3) is 0.692. The maximum absolute atomic E-state index is 12.0. The molecule has 1 aliphatic carbocycles. The van der Waals surface area contributed by atoms with Crippen molar-refractivity contribution in [3.63, 3.8) is 0 Å². The Kier molecular flexibility index (Phi) is 3.95. The molecule has 0 aromatic carbocycles. The Hall–Kier alpha value is -1.03. The van der Waals surface area contributed by atoms with Crippen molar-refractivity contribution < 1.29 is 0 Å². The van der Waals surface area contributed by atoms with Crippen LogP contribution < -0.4 is 11.2 Å². The van der Waals surface area contributed by atoms with Gasteiger partial charge < -0.3 is 4.98 Å². The molecule has 1 heterocycles. The molecular weight excluding hydrogens is 252 g/mol. The minimum atomic E-state index is -0.365. The normalized spacial score (nSPS) is 24.2.